The minimum Gasteiger partial charge on any atom is -0.508 e. The van der Waals surface area contributed by atoms with E-state index in [0.29, 0.717) is 33.8 Å². The Hall–Kier alpha value is -2.36. The number of phenolic OH excluding ortho intramolecular Hbond substituents is 2. The lowest BCUT2D eigenvalue weighted by Gasteiger charge is -2.41. The molecule has 0 saturated carbocycles. The smallest absolute Gasteiger partial charge is 0.134 e. The van der Waals surface area contributed by atoms with Crippen LogP contribution in [0.3, 0.4) is 0 Å². The van der Waals surface area contributed by atoms with Crippen LogP contribution in [0.1, 0.15) is 86.3 Å². The van der Waals surface area contributed by atoms with Gasteiger partial charge in [0.15, 0.2) is 0 Å². The van der Waals surface area contributed by atoms with Crippen molar-refractivity contribution < 1.29 is 40.1 Å². The van der Waals surface area contributed by atoms with Crippen molar-refractivity contribution in [1.29, 1.82) is 0 Å². The Bertz CT molecular complexity index is 1080. The van der Waals surface area contributed by atoms with E-state index in [1.807, 2.05) is 32.9 Å². The van der Waals surface area contributed by atoms with Gasteiger partial charge in [-0.15, -0.1) is 0 Å². The van der Waals surface area contributed by atoms with Gasteiger partial charge in [-0.1, -0.05) is 27.7 Å². The zero-order valence-corrected chi connectivity index (χ0v) is 20.6. The van der Waals surface area contributed by atoms with Gasteiger partial charge in [0.2, 0.25) is 0 Å². The first-order valence-corrected chi connectivity index (χ1v) is 12.3. The van der Waals surface area contributed by atoms with Gasteiger partial charge in [-0.2, -0.15) is 0 Å². The molecule has 0 bridgehead atoms. The van der Waals surface area contributed by atoms with Gasteiger partial charge in [0, 0.05) is 28.7 Å². The SMILES string of the molecule is CCC(C)c1cc2c(cc1O)Cc1c(cc(C(C)CC)c([C@@H]3O[C@H](CO)[C@@H](O)[C@H](O)[C@H]3O)c1O)O2. The lowest BCUT2D eigenvalue weighted by molar-refractivity contribution is -0.232. The molecule has 2 aliphatic rings. The minimum absolute atomic E-state index is 0.0472. The number of rotatable bonds is 6. The Morgan fingerprint density at radius 2 is 1.51 bits per heavy atom. The molecule has 1 saturated heterocycles. The molecule has 2 aliphatic heterocycles. The zero-order chi connectivity index (χ0) is 25.6. The number of benzene rings is 2. The second-order valence-corrected chi connectivity index (χ2v) is 9.87. The molecule has 2 aromatic rings. The lowest BCUT2D eigenvalue weighted by Crippen LogP contribution is -2.55. The highest BCUT2D eigenvalue weighted by Gasteiger charge is 2.46. The fourth-order valence-corrected chi connectivity index (χ4v) is 5.03. The van der Waals surface area contributed by atoms with E-state index in [-0.39, 0.29) is 29.8 Å². The summed E-state index contributed by atoms with van der Waals surface area (Å²) < 4.78 is 12.0. The maximum absolute atomic E-state index is 11.5. The van der Waals surface area contributed by atoms with Crippen molar-refractivity contribution in [2.75, 3.05) is 6.61 Å². The van der Waals surface area contributed by atoms with Crippen LogP contribution in [-0.4, -0.2) is 61.7 Å². The molecule has 192 valence electrons. The van der Waals surface area contributed by atoms with Gasteiger partial charge in [0.1, 0.15) is 53.5 Å². The highest BCUT2D eigenvalue weighted by molar-refractivity contribution is 5.62. The third-order valence-electron chi connectivity index (χ3n) is 7.70. The average Bonchev–Trinajstić information content (AvgIpc) is 2.85. The number of aromatic hydroxyl groups is 2. The van der Waals surface area contributed by atoms with Gasteiger partial charge in [-0.3, -0.25) is 0 Å². The van der Waals surface area contributed by atoms with Crippen LogP contribution in [0.2, 0.25) is 0 Å². The molecule has 7 atom stereocenters. The van der Waals surface area contributed by atoms with Crippen LogP contribution in [0.5, 0.6) is 23.0 Å². The van der Waals surface area contributed by atoms with Crippen molar-refractivity contribution in [1.82, 2.24) is 0 Å². The van der Waals surface area contributed by atoms with Gasteiger partial charge in [0.25, 0.3) is 0 Å². The molecule has 0 aliphatic carbocycles. The Morgan fingerprint density at radius 1 is 0.886 bits per heavy atom. The van der Waals surface area contributed by atoms with E-state index < -0.39 is 37.1 Å². The Balaban J connectivity index is 1.83. The molecule has 4 rings (SSSR count). The maximum atomic E-state index is 11.5. The van der Waals surface area contributed by atoms with E-state index in [2.05, 4.69) is 6.92 Å². The standard InChI is InChI=1S/C27H36O8/c1-5-12(3)15-9-19-14(8-18(15)29)7-17-20(34-19)10-16(13(4)6-2)22(23(17)30)27-26(33)25(32)24(31)21(11-28)35-27/h8-10,12-13,21,24-33H,5-7,11H2,1-4H3/t12?,13?,21-,24-,25+,26-,27+/m1/s1. The van der Waals surface area contributed by atoms with Gasteiger partial charge in [0.05, 0.1) is 6.61 Å². The lowest BCUT2D eigenvalue weighted by atomic mass is 9.82. The van der Waals surface area contributed by atoms with E-state index in [0.717, 1.165) is 18.4 Å². The van der Waals surface area contributed by atoms with Crippen LogP contribution < -0.4 is 4.74 Å². The molecule has 0 amide bonds. The first kappa shape index (κ1) is 25.7. The quantitative estimate of drug-likeness (QED) is 0.311. The fraction of sp³-hybridized carbons (Fsp3) is 0.556. The van der Waals surface area contributed by atoms with Crippen LogP contribution in [0.4, 0.5) is 0 Å². The summed E-state index contributed by atoms with van der Waals surface area (Å²) >= 11 is 0. The van der Waals surface area contributed by atoms with Crippen molar-refractivity contribution in [3.05, 3.63) is 46.0 Å². The number of ether oxygens (including phenoxy) is 2. The topological polar surface area (TPSA) is 140 Å². The highest BCUT2D eigenvalue weighted by Crippen LogP contribution is 2.50. The minimum atomic E-state index is -1.56. The summed E-state index contributed by atoms with van der Waals surface area (Å²) in [6.07, 6.45) is -4.94. The number of phenols is 2. The molecule has 35 heavy (non-hydrogen) atoms. The summed E-state index contributed by atoms with van der Waals surface area (Å²) in [4.78, 5) is 0. The summed E-state index contributed by atoms with van der Waals surface area (Å²) in [6.45, 7) is 7.51. The van der Waals surface area contributed by atoms with E-state index in [1.165, 1.54) is 0 Å². The first-order valence-electron chi connectivity index (χ1n) is 12.3. The first-order chi connectivity index (χ1) is 16.6. The number of aliphatic hydroxyl groups excluding tert-OH is 4. The molecular weight excluding hydrogens is 452 g/mol. The van der Waals surface area contributed by atoms with Crippen molar-refractivity contribution in [3.8, 4) is 23.0 Å². The van der Waals surface area contributed by atoms with Gasteiger partial charge in [-0.25, -0.2) is 0 Å². The van der Waals surface area contributed by atoms with Crippen LogP contribution in [0.15, 0.2) is 18.2 Å². The molecule has 2 unspecified atom stereocenters. The van der Waals surface area contributed by atoms with Crippen molar-refractivity contribution in [3.63, 3.8) is 0 Å². The Labute approximate surface area is 205 Å². The monoisotopic (exact) mass is 488 g/mol. The van der Waals surface area contributed by atoms with E-state index in [4.69, 9.17) is 9.47 Å². The third-order valence-corrected chi connectivity index (χ3v) is 7.70. The molecule has 2 heterocycles. The predicted molar refractivity (Wildman–Crippen MR) is 129 cm³/mol. The number of hydrogen-bond acceptors (Lipinski definition) is 8. The van der Waals surface area contributed by atoms with Crippen LogP contribution >= 0.6 is 0 Å². The van der Waals surface area contributed by atoms with Crippen LogP contribution in [0.25, 0.3) is 0 Å². The third kappa shape index (κ3) is 4.38. The normalized spacial score (nSPS) is 27.5. The number of aliphatic hydroxyl groups is 4. The molecular formula is C27H36O8. The molecule has 0 aromatic heterocycles. The average molecular weight is 489 g/mol. The van der Waals surface area contributed by atoms with E-state index in [9.17, 15) is 30.6 Å². The summed E-state index contributed by atoms with van der Waals surface area (Å²) in [5.41, 5.74) is 3.00. The van der Waals surface area contributed by atoms with Crippen molar-refractivity contribution >= 4 is 0 Å². The summed E-state index contributed by atoms with van der Waals surface area (Å²) in [5, 5.41) is 63.1. The zero-order valence-electron chi connectivity index (χ0n) is 20.6. The fourth-order valence-electron chi connectivity index (χ4n) is 5.03. The maximum Gasteiger partial charge on any atom is 0.134 e. The largest absolute Gasteiger partial charge is 0.508 e. The van der Waals surface area contributed by atoms with Crippen molar-refractivity contribution in [2.24, 2.45) is 0 Å². The Morgan fingerprint density at radius 3 is 2.14 bits per heavy atom. The van der Waals surface area contributed by atoms with Crippen molar-refractivity contribution in [2.45, 2.75) is 89.3 Å². The molecule has 8 heteroatoms. The van der Waals surface area contributed by atoms with Gasteiger partial charge in [-0.05, 0) is 48.4 Å². The molecule has 1 fully saturated rings. The van der Waals surface area contributed by atoms with Crippen LogP contribution in [0, 0.1) is 0 Å². The number of fused-ring (bicyclic) bond motifs is 2. The molecule has 2 aromatic carbocycles. The molecule has 0 spiro atoms. The summed E-state index contributed by atoms with van der Waals surface area (Å²) in [7, 11) is 0. The Kier molecular flexibility index (Phi) is 7.31. The summed E-state index contributed by atoms with van der Waals surface area (Å²) in [6, 6.07) is 5.35. The van der Waals surface area contributed by atoms with E-state index in [1.54, 1.807) is 6.07 Å². The van der Waals surface area contributed by atoms with Gasteiger partial charge < -0.3 is 40.1 Å². The van der Waals surface area contributed by atoms with Gasteiger partial charge >= 0.3 is 0 Å². The predicted octanol–water partition coefficient (Wildman–Crippen LogP) is 3.34. The molecule has 6 N–H and O–H groups in total. The second-order valence-electron chi connectivity index (χ2n) is 9.87. The highest BCUT2D eigenvalue weighted by atomic mass is 16.5. The molecule has 0 radical (unpaired) electrons. The van der Waals surface area contributed by atoms with E-state index >= 15 is 0 Å². The number of hydrogen-bond donors (Lipinski definition) is 6. The van der Waals surface area contributed by atoms with Crippen LogP contribution in [-0.2, 0) is 11.2 Å². The molecule has 8 nitrogen and oxygen atoms in total. The summed E-state index contributed by atoms with van der Waals surface area (Å²) in [5.74, 6) is 1.27. The second kappa shape index (κ2) is 9.95.